The number of aromatic nitrogens is 2. The third kappa shape index (κ3) is 10.5. The fourth-order valence-corrected chi connectivity index (χ4v) is 2.96. The largest absolute Gasteiger partial charge is 0.481 e. The number of carbonyl (C=O) groups excluding carboxylic acids is 3. The van der Waals surface area contributed by atoms with E-state index in [0.717, 1.165) is 6.92 Å². The van der Waals surface area contributed by atoms with E-state index in [2.05, 4.69) is 25.9 Å². The first kappa shape index (κ1) is 30.0. The summed E-state index contributed by atoms with van der Waals surface area (Å²) in [5.41, 5.74) is 6.10. The predicted octanol–water partition coefficient (Wildman–Crippen LogP) is -3.07. The maximum absolute atomic E-state index is 13.0. The van der Waals surface area contributed by atoms with Gasteiger partial charge in [0.05, 0.1) is 18.5 Å². The number of amides is 3. The summed E-state index contributed by atoms with van der Waals surface area (Å²) in [6.07, 6.45) is -0.547. The second-order valence-corrected chi connectivity index (χ2v) is 7.94. The third-order valence-electron chi connectivity index (χ3n) is 4.94. The van der Waals surface area contributed by atoms with Gasteiger partial charge in [0.2, 0.25) is 17.7 Å². The molecule has 0 radical (unpaired) electrons. The number of nitrogens with two attached hydrogens (primary N) is 1. The molecular formula is C20H30N6O10. The van der Waals surface area contributed by atoms with Crippen LogP contribution in [-0.2, 0) is 35.2 Å². The Morgan fingerprint density at radius 1 is 0.917 bits per heavy atom. The van der Waals surface area contributed by atoms with Crippen molar-refractivity contribution in [2.75, 3.05) is 0 Å². The minimum Gasteiger partial charge on any atom is -0.481 e. The minimum absolute atomic E-state index is 0.145. The average molecular weight is 514 g/mol. The summed E-state index contributed by atoms with van der Waals surface area (Å²) in [4.78, 5) is 77.4. The van der Waals surface area contributed by atoms with E-state index in [1.807, 2.05) is 0 Å². The number of rotatable bonds is 16. The quantitative estimate of drug-likeness (QED) is 0.106. The molecule has 1 heterocycles. The normalized spacial score (nSPS) is 15.0. The van der Waals surface area contributed by atoms with Crippen LogP contribution in [0.5, 0.6) is 0 Å². The van der Waals surface area contributed by atoms with Crippen LogP contribution in [0.1, 0.15) is 38.3 Å². The van der Waals surface area contributed by atoms with E-state index in [1.165, 1.54) is 12.5 Å². The van der Waals surface area contributed by atoms with Crippen LogP contribution in [0.25, 0.3) is 0 Å². The van der Waals surface area contributed by atoms with Gasteiger partial charge in [-0.1, -0.05) is 0 Å². The molecule has 36 heavy (non-hydrogen) atoms. The van der Waals surface area contributed by atoms with Gasteiger partial charge in [-0.25, -0.2) is 9.78 Å². The van der Waals surface area contributed by atoms with E-state index in [4.69, 9.17) is 15.9 Å². The molecule has 0 aliphatic carbocycles. The number of nitrogens with one attached hydrogen (secondary N) is 4. The second-order valence-electron chi connectivity index (χ2n) is 7.94. The van der Waals surface area contributed by atoms with Crippen molar-refractivity contribution in [1.29, 1.82) is 0 Å². The molecule has 0 aliphatic heterocycles. The summed E-state index contributed by atoms with van der Waals surface area (Å²) >= 11 is 0. The predicted molar refractivity (Wildman–Crippen MR) is 119 cm³/mol. The van der Waals surface area contributed by atoms with Crippen LogP contribution in [0.3, 0.4) is 0 Å². The van der Waals surface area contributed by atoms with Crippen molar-refractivity contribution in [3.05, 3.63) is 18.2 Å². The van der Waals surface area contributed by atoms with Crippen molar-refractivity contribution in [1.82, 2.24) is 25.9 Å². The minimum atomic E-state index is -1.66. The Bertz CT molecular complexity index is 935. The van der Waals surface area contributed by atoms with Crippen LogP contribution in [0.15, 0.2) is 12.5 Å². The topological polar surface area (TPSA) is 274 Å². The summed E-state index contributed by atoms with van der Waals surface area (Å²) in [5.74, 6) is -6.84. The highest BCUT2D eigenvalue weighted by molar-refractivity contribution is 5.94. The maximum atomic E-state index is 13.0. The number of imidazole rings is 1. The molecule has 1 aromatic rings. The lowest BCUT2D eigenvalue weighted by molar-refractivity contribution is -0.144. The maximum Gasteiger partial charge on any atom is 0.326 e. The lowest BCUT2D eigenvalue weighted by Crippen LogP contribution is -2.60. The Morgan fingerprint density at radius 2 is 1.50 bits per heavy atom. The number of H-pyrrole nitrogens is 1. The lowest BCUT2D eigenvalue weighted by atomic mass is 10.1. The van der Waals surface area contributed by atoms with Crippen LogP contribution in [-0.4, -0.2) is 96.3 Å². The van der Waals surface area contributed by atoms with Crippen LogP contribution < -0.4 is 21.7 Å². The summed E-state index contributed by atoms with van der Waals surface area (Å²) in [7, 11) is 0. The van der Waals surface area contributed by atoms with E-state index in [-0.39, 0.29) is 19.3 Å². The van der Waals surface area contributed by atoms with Crippen LogP contribution in [0.4, 0.5) is 0 Å². The van der Waals surface area contributed by atoms with E-state index in [0.29, 0.717) is 5.69 Å². The number of aromatic amines is 1. The summed E-state index contributed by atoms with van der Waals surface area (Å²) in [5, 5.41) is 43.5. The van der Waals surface area contributed by atoms with Gasteiger partial charge in [-0.05, 0) is 19.8 Å². The molecular weight excluding hydrogens is 484 g/mol. The Kier molecular flexibility index (Phi) is 12.0. The molecule has 200 valence electrons. The highest BCUT2D eigenvalue weighted by Gasteiger charge is 2.33. The molecule has 16 nitrogen and oxygen atoms in total. The molecule has 0 aromatic carbocycles. The van der Waals surface area contributed by atoms with Crippen molar-refractivity contribution < 1.29 is 49.2 Å². The number of hydrogen-bond donors (Lipinski definition) is 9. The number of hydrogen-bond acceptors (Lipinski definition) is 9. The van der Waals surface area contributed by atoms with Gasteiger partial charge in [-0.3, -0.25) is 24.0 Å². The van der Waals surface area contributed by atoms with Gasteiger partial charge in [0.1, 0.15) is 18.1 Å². The molecule has 0 bridgehead atoms. The van der Waals surface area contributed by atoms with Crippen LogP contribution in [0.2, 0.25) is 0 Å². The van der Waals surface area contributed by atoms with Crippen molar-refractivity contribution in [3.63, 3.8) is 0 Å². The van der Waals surface area contributed by atoms with Gasteiger partial charge >= 0.3 is 17.9 Å². The standard InChI is InChI=1S/C20H30N6O10/c1-9(27)16(19(34)24-12(20(35)36)3-5-15(30)31)26-18(33)13(6-10-7-22-8-23-10)25-17(32)11(21)2-4-14(28)29/h7-9,11-13,16,27H,2-6,21H2,1H3,(H,22,23)(H,24,34)(H,25,32)(H,26,33)(H,28,29)(H,30,31)(H,35,36). The Morgan fingerprint density at radius 3 is 2.00 bits per heavy atom. The average Bonchev–Trinajstić information content (AvgIpc) is 3.30. The summed E-state index contributed by atoms with van der Waals surface area (Å²) in [6.45, 7) is 1.15. The third-order valence-corrected chi connectivity index (χ3v) is 4.94. The lowest BCUT2D eigenvalue weighted by Gasteiger charge is -2.26. The van der Waals surface area contributed by atoms with Gasteiger partial charge in [0, 0.05) is 31.2 Å². The monoisotopic (exact) mass is 514 g/mol. The Hall–Kier alpha value is -4.05. The van der Waals surface area contributed by atoms with Gasteiger partial charge in [0.25, 0.3) is 0 Å². The summed E-state index contributed by atoms with van der Waals surface area (Å²) < 4.78 is 0. The molecule has 0 aliphatic rings. The van der Waals surface area contributed by atoms with Crippen LogP contribution in [0, 0.1) is 0 Å². The molecule has 0 saturated heterocycles. The molecule has 3 amide bonds. The number of carboxylic acids is 3. The van der Waals surface area contributed by atoms with E-state index < -0.39 is 78.7 Å². The fraction of sp³-hybridized carbons (Fsp3) is 0.550. The zero-order valence-electron chi connectivity index (χ0n) is 19.3. The van der Waals surface area contributed by atoms with E-state index >= 15 is 0 Å². The van der Waals surface area contributed by atoms with E-state index in [1.54, 1.807) is 0 Å². The fourth-order valence-electron chi connectivity index (χ4n) is 2.96. The molecule has 0 spiro atoms. The van der Waals surface area contributed by atoms with Crippen molar-refractivity contribution >= 4 is 35.6 Å². The molecule has 0 fully saturated rings. The second kappa shape index (κ2) is 14.4. The van der Waals surface area contributed by atoms with Crippen molar-refractivity contribution in [2.24, 2.45) is 5.73 Å². The molecule has 16 heteroatoms. The first-order valence-corrected chi connectivity index (χ1v) is 10.8. The number of aliphatic hydroxyl groups is 1. The number of aliphatic hydroxyl groups excluding tert-OH is 1. The van der Waals surface area contributed by atoms with Crippen molar-refractivity contribution in [3.8, 4) is 0 Å². The smallest absolute Gasteiger partial charge is 0.326 e. The molecule has 0 saturated carbocycles. The Labute approximate surface area is 204 Å². The highest BCUT2D eigenvalue weighted by Crippen LogP contribution is 2.05. The molecule has 5 atom stereocenters. The van der Waals surface area contributed by atoms with Crippen LogP contribution >= 0.6 is 0 Å². The molecule has 1 aromatic heterocycles. The molecule has 1 rings (SSSR count). The first-order valence-electron chi connectivity index (χ1n) is 10.8. The van der Waals surface area contributed by atoms with Gasteiger partial charge in [-0.15, -0.1) is 0 Å². The zero-order valence-corrected chi connectivity index (χ0v) is 19.3. The van der Waals surface area contributed by atoms with Gasteiger partial charge < -0.3 is 47.1 Å². The summed E-state index contributed by atoms with van der Waals surface area (Å²) in [6, 6.07) is -5.85. The van der Waals surface area contributed by atoms with Gasteiger partial charge in [-0.2, -0.15) is 0 Å². The number of nitrogens with zero attached hydrogens (tertiary/aromatic N) is 1. The number of carboxylic acid groups (broad SMARTS) is 3. The van der Waals surface area contributed by atoms with Gasteiger partial charge in [0.15, 0.2) is 0 Å². The number of carbonyl (C=O) groups is 6. The molecule has 10 N–H and O–H groups in total. The SMILES string of the molecule is CC(O)C(NC(=O)C(Cc1cnc[nH]1)NC(=O)C(N)CCC(=O)O)C(=O)NC(CCC(=O)O)C(=O)O. The highest BCUT2D eigenvalue weighted by atomic mass is 16.4. The Balaban J connectivity index is 2.99. The van der Waals surface area contributed by atoms with Crippen molar-refractivity contribution in [2.45, 2.75) is 69.3 Å². The first-order chi connectivity index (χ1) is 16.8. The van der Waals surface area contributed by atoms with E-state index in [9.17, 15) is 39.0 Å². The number of aliphatic carboxylic acids is 3. The molecule has 5 unspecified atom stereocenters. The zero-order chi connectivity index (χ0) is 27.4.